The van der Waals surface area contributed by atoms with Crippen molar-refractivity contribution in [1.82, 2.24) is 10.6 Å². The molecule has 0 rings (SSSR count). The van der Waals surface area contributed by atoms with Crippen LogP contribution in [0.3, 0.4) is 0 Å². The van der Waals surface area contributed by atoms with E-state index in [1.54, 1.807) is 0 Å². The highest BCUT2D eigenvalue weighted by molar-refractivity contribution is 5.89. The van der Waals surface area contributed by atoms with E-state index in [9.17, 15) is 14.4 Å². The molecule has 0 aromatic carbocycles. The zero-order valence-electron chi connectivity index (χ0n) is 10.6. The van der Waals surface area contributed by atoms with Crippen molar-refractivity contribution in [2.45, 2.75) is 26.3 Å². The van der Waals surface area contributed by atoms with Crippen LogP contribution in [0.25, 0.3) is 0 Å². The van der Waals surface area contributed by atoms with Crippen LogP contribution in [-0.2, 0) is 14.4 Å². The average Bonchev–Trinajstić information content (AvgIpc) is 2.31. The minimum Gasteiger partial charge on any atom is -0.368 e. The maximum Gasteiger partial charge on any atom is 0.239 e. The molecule has 0 aliphatic heterocycles. The molecule has 3 amide bonds. The molecule has 0 aromatic heterocycles. The van der Waals surface area contributed by atoms with Gasteiger partial charge in [0.15, 0.2) is 0 Å². The number of hydrogen-bond acceptors (Lipinski definition) is 4. The molecular formula is C10H21ClN4O3. The van der Waals surface area contributed by atoms with E-state index in [-0.39, 0.29) is 37.3 Å². The van der Waals surface area contributed by atoms with Crippen molar-refractivity contribution in [2.75, 3.05) is 13.1 Å². The molecule has 8 heteroatoms. The molecule has 0 aliphatic carbocycles. The standard InChI is InChI=1S/C10H20N4O3.ClH/c1-3-6(2)9(12)10(17)14-5-8(16)13-4-7(11)15;/h6,9H,3-5,12H2,1-2H3,(H2,11,15)(H,13,16)(H,14,17);1H/t6?,9-;/m0./s1. The Bertz CT molecular complexity index is 299. The third-order valence-electron chi connectivity index (χ3n) is 2.44. The zero-order valence-corrected chi connectivity index (χ0v) is 11.4. The van der Waals surface area contributed by atoms with Crippen molar-refractivity contribution >= 4 is 30.1 Å². The molecule has 0 heterocycles. The van der Waals surface area contributed by atoms with Gasteiger partial charge in [-0.25, -0.2) is 0 Å². The monoisotopic (exact) mass is 280 g/mol. The van der Waals surface area contributed by atoms with Gasteiger partial charge in [0, 0.05) is 0 Å². The Hall–Kier alpha value is -1.34. The molecule has 1 unspecified atom stereocenters. The van der Waals surface area contributed by atoms with E-state index in [0.29, 0.717) is 0 Å². The summed E-state index contributed by atoms with van der Waals surface area (Å²) >= 11 is 0. The molecule has 0 bridgehead atoms. The summed E-state index contributed by atoms with van der Waals surface area (Å²) in [4.78, 5) is 33.0. The second-order valence-corrected chi connectivity index (χ2v) is 3.87. The number of rotatable bonds is 7. The van der Waals surface area contributed by atoms with Crippen LogP contribution >= 0.6 is 12.4 Å². The smallest absolute Gasteiger partial charge is 0.239 e. The molecule has 0 aromatic rings. The number of primary amides is 1. The summed E-state index contributed by atoms with van der Waals surface area (Å²) in [7, 11) is 0. The molecular weight excluding hydrogens is 260 g/mol. The summed E-state index contributed by atoms with van der Waals surface area (Å²) in [6.07, 6.45) is 0.780. The topological polar surface area (TPSA) is 127 Å². The van der Waals surface area contributed by atoms with Crippen LogP contribution in [-0.4, -0.2) is 36.9 Å². The van der Waals surface area contributed by atoms with Gasteiger partial charge in [-0.1, -0.05) is 20.3 Å². The van der Waals surface area contributed by atoms with E-state index in [1.807, 2.05) is 13.8 Å². The van der Waals surface area contributed by atoms with Crippen LogP contribution in [0.2, 0.25) is 0 Å². The summed E-state index contributed by atoms with van der Waals surface area (Å²) in [5, 5.41) is 4.64. The first-order valence-electron chi connectivity index (χ1n) is 5.46. The zero-order chi connectivity index (χ0) is 13.4. The predicted molar refractivity (Wildman–Crippen MR) is 69.9 cm³/mol. The summed E-state index contributed by atoms with van der Waals surface area (Å²) in [6, 6.07) is -0.635. The van der Waals surface area contributed by atoms with Gasteiger partial charge in [0.2, 0.25) is 17.7 Å². The van der Waals surface area contributed by atoms with Crippen molar-refractivity contribution in [3.63, 3.8) is 0 Å². The lowest BCUT2D eigenvalue weighted by Gasteiger charge is -2.17. The molecule has 0 saturated heterocycles. The van der Waals surface area contributed by atoms with Gasteiger partial charge in [-0.05, 0) is 5.92 Å². The molecule has 18 heavy (non-hydrogen) atoms. The molecule has 6 N–H and O–H groups in total. The van der Waals surface area contributed by atoms with E-state index in [2.05, 4.69) is 10.6 Å². The second-order valence-electron chi connectivity index (χ2n) is 3.87. The van der Waals surface area contributed by atoms with E-state index in [0.717, 1.165) is 6.42 Å². The van der Waals surface area contributed by atoms with Gasteiger partial charge in [-0.15, -0.1) is 12.4 Å². The van der Waals surface area contributed by atoms with Crippen molar-refractivity contribution in [3.05, 3.63) is 0 Å². The molecule has 0 fully saturated rings. The van der Waals surface area contributed by atoms with Crippen molar-refractivity contribution < 1.29 is 14.4 Å². The van der Waals surface area contributed by atoms with E-state index in [4.69, 9.17) is 11.5 Å². The van der Waals surface area contributed by atoms with E-state index >= 15 is 0 Å². The maximum atomic E-state index is 11.5. The molecule has 0 saturated carbocycles. The molecule has 0 spiro atoms. The Balaban J connectivity index is 0. The number of nitrogens with two attached hydrogens (primary N) is 2. The van der Waals surface area contributed by atoms with Crippen molar-refractivity contribution in [1.29, 1.82) is 0 Å². The van der Waals surface area contributed by atoms with Crippen molar-refractivity contribution in [2.24, 2.45) is 17.4 Å². The average molecular weight is 281 g/mol. The van der Waals surface area contributed by atoms with Crippen LogP contribution in [0, 0.1) is 5.92 Å². The van der Waals surface area contributed by atoms with Gasteiger partial charge in [0.25, 0.3) is 0 Å². The number of carbonyl (C=O) groups is 3. The van der Waals surface area contributed by atoms with Gasteiger partial charge < -0.3 is 22.1 Å². The molecule has 2 atom stereocenters. The van der Waals surface area contributed by atoms with Crippen LogP contribution in [0.1, 0.15) is 20.3 Å². The summed E-state index contributed by atoms with van der Waals surface area (Å²) in [5.74, 6) is -1.45. The maximum absolute atomic E-state index is 11.5. The largest absolute Gasteiger partial charge is 0.368 e. The van der Waals surface area contributed by atoms with Crippen LogP contribution in [0.5, 0.6) is 0 Å². The van der Waals surface area contributed by atoms with Crippen LogP contribution in [0.15, 0.2) is 0 Å². The lowest BCUT2D eigenvalue weighted by Crippen LogP contribution is -2.48. The van der Waals surface area contributed by atoms with Crippen LogP contribution in [0.4, 0.5) is 0 Å². The first kappa shape index (κ1) is 19.0. The number of nitrogens with one attached hydrogen (secondary N) is 2. The summed E-state index contributed by atoms with van der Waals surface area (Å²) in [6.45, 7) is 3.33. The second kappa shape index (κ2) is 9.67. The highest BCUT2D eigenvalue weighted by Gasteiger charge is 2.19. The van der Waals surface area contributed by atoms with Gasteiger partial charge in [-0.3, -0.25) is 14.4 Å². The summed E-state index contributed by atoms with van der Waals surface area (Å²) in [5.41, 5.74) is 10.5. The van der Waals surface area contributed by atoms with E-state index < -0.39 is 17.9 Å². The lowest BCUT2D eigenvalue weighted by atomic mass is 9.99. The minimum absolute atomic E-state index is 0. The van der Waals surface area contributed by atoms with E-state index in [1.165, 1.54) is 0 Å². The molecule has 7 nitrogen and oxygen atoms in total. The predicted octanol–water partition coefficient (Wildman–Crippen LogP) is -1.50. The Morgan fingerprint density at radius 1 is 1.17 bits per heavy atom. The fraction of sp³-hybridized carbons (Fsp3) is 0.700. The van der Waals surface area contributed by atoms with Crippen molar-refractivity contribution in [3.8, 4) is 0 Å². The lowest BCUT2D eigenvalue weighted by molar-refractivity contribution is -0.128. The fourth-order valence-electron chi connectivity index (χ4n) is 1.05. The minimum atomic E-state index is -0.638. The normalized spacial score (nSPS) is 12.8. The quantitative estimate of drug-likeness (QED) is 0.452. The number of hydrogen-bond donors (Lipinski definition) is 4. The Morgan fingerprint density at radius 3 is 2.17 bits per heavy atom. The Kier molecular flexibility index (Phi) is 10.2. The number of halogens is 1. The molecule has 0 radical (unpaired) electrons. The molecule has 106 valence electrons. The van der Waals surface area contributed by atoms with Crippen LogP contribution < -0.4 is 22.1 Å². The number of amides is 3. The highest BCUT2D eigenvalue weighted by Crippen LogP contribution is 2.04. The first-order chi connectivity index (χ1) is 7.88. The van der Waals surface area contributed by atoms with Gasteiger partial charge in [0.05, 0.1) is 19.1 Å². The Labute approximate surface area is 112 Å². The molecule has 0 aliphatic rings. The van der Waals surface area contributed by atoms with Gasteiger partial charge >= 0.3 is 0 Å². The third-order valence-corrected chi connectivity index (χ3v) is 2.44. The number of carbonyl (C=O) groups excluding carboxylic acids is 3. The SMILES string of the molecule is CCC(C)[C@H](N)C(=O)NCC(=O)NCC(N)=O.Cl. The summed E-state index contributed by atoms with van der Waals surface area (Å²) < 4.78 is 0. The first-order valence-corrected chi connectivity index (χ1v) is 5.46. The fourth-order valence-corrected chi connectivity index (χ4v) is 1.05. The third kappa shape index (κ3) is 7.86. The Morgan fingerprint density at radius 2 is 1.72 bits per heavy atom. The highest BCUT2D eigenvalue weighted by atomic mass is 35.5. The van der Waals surface area contributed by atoms with Gasteiger partial charge in [0.1, 0.15) is 0 Å². The van der Waals surface area contributed by atoms with Gasteiger partial charge in [-0.2, -0.15) is 0 Å².